The summed E-state index contributed by atoms with van der Waals surface area (Å²) in [4.78, 5) is 11.6. The van der Waals surface area contributed by atoms with Crippen LogP contribution in [-0.2, 0) is 4.74 Å². The van der Waals surface area contributed by atoms with Crippen LogP contribution in [0.2, 0.25) is 0 Å². The maximum Gasteiger partial charge on any atom is 0.407 e. The number of alkyl carbamates (subject to hydrolysis) is 1. The van der Waals surface area contributed by atoms with Gasteiger partial charge >= 0.3 is 6.09 Å². The van der Waals surface area contributed by atoms with Gasteiger partial charge in [0.05, 0.1) is 6.07 Å². The molecule has 0 aliphatic heterocycles. The van der Waals surface area contributed by atoms with E-state index in [4.69, 9.17) is 10.00 Å². The fourth-order valence-corrected chi connectivity index (χ4v) is 2.59. The Morgan fingerprint density at radius 1 is 1.30 bits per heavy atom. The standard InChI is InChI=1S/C16H28N2O2/c1-4-16(2,3)20-15(19)18-12-10-14-7-5-13(6-8-14)9-11-17/h13-14H,4-10,12H2,1-3H3,(H,18,19). The number of rotatable bonds is 6. The molecule has 1 saturated carbocycles. The van der Waals surface area contributed by atoms with Crippen molar-refractivity contribution in [3.8, 4) is 6.07 Å². The number of amides is 1. The third-order valence-corrected chi connectivity index (χ3v) is 4.39. The molecule has 1 fully saturated rings. The zero-order valence-electron chi connectivity index (χ0n) is 13.1. The molecule has 1 N–H and O–H groups in total. The van der Waals surface area contributed by atoms with E-state index in [1.807, 2.05) is 20.8 Å². The molecular weight excluding hydrogens is 252 g/mol. The summed E-state index contributed by atoms with van der Waals surface area (Å²) in [6.07, 6.45) is 6.90. The Morgan fingerprint density at radius 2 is 1.90 bits per heavy atom. The van der Waals surface area contributed by atoms with Gasteiger partial charge in [-0.3, -0.25) is 0 Å². The largest absolute Gasteiger partial charge is 0.444 e. The first-order valence-electron chi connectivity index (χ1n) is 7.80. The number of nitrogens with one attached hydrogen (secondary N) is 1. The van der Waals surface area contributed by atoms with Gasteiger partial charge < -0.3 is 10.1 Å². The van der Waals surface area contributed by atoms with E-state index in [0.29, 0.717) is 24.8 Å². The van der Waals surface area contributed by atoms with Gasteiger partial charge in [0.2, 0.25) is 0 Å². The first kappa shape index (κ1) is 16.8. The molecule has 1 aliphatic carbocycles. The molecule has 20 heavy (non-hydrogen) atoms. The normalized spacial score (nSPS) is 22.9. The summed E-state index contributed by atoms with van der Waals surface area (Å²) in [5, 5.41) is 11.5. The second-order valence-corrected chi connectivity index (χ2v) is 6.47. The van der Waals surface area contributed by atoms with Crippen LogP contribution in [0, 0.1) is 23.2 Å². The van der Waals surface area contributed by atoms with Crippen LogP contribution in [0.15, 0.2) is 0 Å². The molecule has 4 nitrogen and oxygen atoms in total. The summed E-state index contributed by atoms with van der Waals surface area (Å²) in [6, 6.07) is 2.26. The Kier molecular flexibility index (Phi) is 6.84. The lowest BCUT2D eigenvalue weighted by molar-refractivity contribution is 0.0360. The minimum atomic E-state index is -0.389. The summed E-state index contributed by atoms with van der Waals surface area (Å²) in [7, 11) is 0. The summed E-state index contributed by atoms with van der Waals surface area (Å²) in [5.74, 6) is 1.28. The molecule has 1 aliphatic rings. The lowest BCUT2D eigenvalue weighted by Crippen LogP contribution is -2.35. The quantitative estimate of drug-likeness (QED) is 0.799. The fraction of sp³-hybridized carbons (Fsp3) is 0.875. The van der Waals surface area contributed by atoms with E-state index in [9.17, 15) is 4.79 Å². The van der Waals surface area contributed by atoms with Crippen LogP contribution < -0.4 is 5.32 Å². The van der Waals surface area contributed by atoms with E-state index >= 15 is 0 Å². The number of nitriles is 1. The third-order valence-electron chi connectivity index (χ3n) is 4.39. The van der Waals surface area contributed by atoms with Gasteiger partial charge in [0.25, 0.3) is 0 Å². The monoisotopic (exact) mass is 280 g/mol. The lowest BCUT2D eigenvalue weighted by Gasteiger charge is -2.27. The Bertz CT molecular complexity index is 339. The molecule has 0 spiro atoms. The molecule has 0 aromatic rings. The Balaban J connectivity index is 2.13. The van der Waals surface area contributed by atoms with Crippen molar-refractivity contribution in [2.45, 2.75) is 71.3 Å². The van der Waals surface area contributed by atoms with Gasteiger partial charge in [-0.05, 0) is 51.4 Å². The van der Waals surface area contributed by atoms with Gasteiger partial charge in [0.1, 0.15) is 5.60 Å². The van der Waals surface area contributed by atoms with Gasteiger partial charge in [-0.15, -0.1) is 0 Å². The van der Waals surface area contributed by atoms with E-state index in [0.717, 1.165) is 25.7 Å². The van der Waals surface area contributed by atoms with E-state index in [2.05, 4.69) is 11.4 Å². The lowest BCUT2D eigenvalue weighted by atomic mass is 9.79. The Labute approximate surface area is 122 Å². The SMILES string of the molecule is CCC(C)(C)OC(=O)NCCC1CCC(CC#N)CC1. The minimum absolute atomic E-state index is 0.310. The van der Waals surface area contributed by atoms with Crippen LogP contribution in [0.1, 0.15) is 65.7 Å². The van der Waals surface area contributed by atoms with E-state index in [1.54, 1.807) is 0 Å². The van der Waals surface area contributed by atoms with Crippen molar-refractivity contribution in [1.82, 2.24) is 5.32 Å². The Morgan fingerprint density at radius 3 is 2.45 bits per heavy atom. The van der Waals surface area contributed by atoms with Crippen molar-refractivity contribution >= 4 is 6.09 Å². The highest BCUT2D eigenvalue weighted by atomic mass is 16.6. The number of hydrogen-bond acceptors (Lipinski definition) is 3. The molecule has 1 amide bonds. The molecule has 0 aromatic carbocycles. The molecular formula is C16H28N2O2. The second-order valence-electron chi connectivity index (χ2n) is 6.47. The topological polar surface area (TPSA) is 62.1 Å². The van der Waals surface area contributed by atoms with E-state index < -0.39 is 0 Å². The number of carbonyl (C=O) groups excluding carboxylic acids is 1. The Hall–Kier alpha value is -1.24. The maximum atomic E-state index is 11.6. The molecule has 0 heterocycles. The molecule has 0 bridgehead atoms. The highest BCUT2D eigenvalue weighted by Crippen LogP contribution is 2.32. The van der Waals surface area contributed by atoms with Gasteiger partial charge in [-0.1, -0.05) is 19.8 Å². The smallest absolute Gasteiger partial charge is 0.407 e. The van der Waals surface area contributed by atoms with Crippen LogP contribution in [0.3, 0.4) is 0 Å². The minimum Gasteiger partial charge on any atom is -0.444 e. The first-order chi connectivity index (χ1) is 9.46. The summed E-state index contributed by atoms with van der Waals surface area (Å²) in [6.45, 7) is 6.53. The molecule has 0 unspecified atom stereocenters. The highest BCUT2D eigenvalue weighted by Gasteiger charge is 2.22. The van der Waals surface area contributed by atoms with Crippen LogP contribution in [0.5, 0.6) is 0 Å². The number of ether oxygens (including phenoxy) is 1. The van der Waals surface area contributed by atoms with Crippen LogP contribution in [0.4, 0.5) is 4.79 Å². The molecule has 0 aromatic heterocycles. The van der Waals surface area contributed by atoms with Crippen LogP contribution in [0.25, 0.3) is 0 Å². The van der Waals surface area contributed by atoms with Gasteiger partial charge in [0.15, 0.2) is 0 Å². The van der Waals surface area contributed by atoms with Crippen molar-refractivity contribution in [1.29, 1.82) is 5.26 Å². The summed E-state index contributed by atoms with van der Waals surface area (Å²) < 4.78 is 5.34. The average Bonchev–Trinajstić information content (AvgIpc) is 2.40. The predicted molar refractivity (Wildman–Crippen MR) is 79.1 cm³/mol. The van der Waals surface area contributed by atoms with Crippen molar-refractivity contribution in [3.63, 3.8) is 0 Å². The molecule has 0 saturated heterocycles. The van der Waals surface area contributed by atoms with Crippen molar-refractivity contribution in [2.75, 3.05) is 6.54 Å². The number of nitrogens with zero attached hydrogens (tertiary/aromatic N) is 1. The highest BCUT2D eigenvalue weighted by molar-refractivity contribution is 5.67. The van der Waals surface area contributed by atoms with Crippen molar-refractivity contribution in [2.24, 2.45) is 11.8 Å². The van der Waals surface area contributed by atoms with Crippen molar-refractivity contribution < 1.29 is 9.53 Å². The van der Waals surface area contributed by atoms with Gasteiger partial charge in [0, 0.05) is 13.0 Å². The average molecular weight is 280 g/mol. The number of hydrogen-bond donors (Lipinski definition) is 1. The number of carbonyl (C=O) groups is 1. The zero-order valence-corrected chi connectivity index (χ0v) is 13.1. The predicted octanol–water partition coefficient (Wildman–Crippen LogP) is 4.01. The van der Waals surface area contributed by atoms with Crippen molar-refractivity contribution in [3.05, 3.63) is 0 Å². The second kappa shape index (κ2) is 8.14. The molecule has 4 heteroatoms. The fourth-order valence-electron chi connectivity index (χ4n) is 2.59. The first-order valence-corrected chi connectivity index (χ1v) is 7.80. The van der Waals surface area contributed by atoms with E-state index in [1.165, 1.54) is 12.8 Å². The summed E-state index contributed by atoms with van der Waals surface area (Å²) >= 11 is 0. The summed E-state index contributed by atoms with van der Waals surface area (Å²) in [5.41, 5.74) is -0.389. The maximum absolute atomic E-state index is 11.6. The molecule has 0 radical (unpaired) electrons. The van der Waals surface area contributed by atoms with Gasteiger partial charge in [-0.25, -0.2) is 4.79 Å². The van der Waals surface area contributed by atoms with E-state index in [-0.39, 0.29) is 11.7 Å². The third kappa shape index (κ3) is 6.27. The molecule has 0 atom stereocenters. The van der Waals surface area contributed by atoms with Gasteiger partial charge in [-0.2, -0.15) is 5.26 Å². The van der Waals surface area contributed by atoms with Crippen LogP contribution in [-0.4, -0.2) is 18.2 Å². The molecule has 114 valence electrons. The molecule has 1 rings (SSSR count). The van der Waals surface area contributed by atoms with Crippen LogP contribution >= 0.6 is 0 Å². The zero-order chi connectivity index (χ0) is 15.0.